The lowest BCUT2D eigenvalue weighted by atomic mass is 10.1. The van der Waals surface area contributed by atoms with Gasteiger partial charge >= 0.3 is 6.18 Å². The van der Waals surface area contributed by atoms with Gasteiger partial charge in [-0.2, -0.15) is 13.2 Å². The largest absolute Gasteiger partial charge is 0.411 e. The summed E-state index contributed by atoms with van der Waals surface area (Å²) in [5, 5.41) is 2.96. The highest BCUT2D eigenvalue weighted by atomic mass is 19.4. The number of hydrogen-bond donors (Lipinski definition) is 1. The van der Waals surface area contributed by atoms with Crippen LogP contribution in [-0.4, -0.2) is 32.5 Å². The molecule has 0 amide bonds. The first kappa shape index (κ1) is 15.0. The first-order chi connectivity index (χ1) is 8.40. The van der Waals surface area contributed by atoms with Gasteiger partial charge in [0.25, 0.3) is 0 Å². The molecule has 5 heteroatoms. The molecule has 0 fully saturated rings. The second-order valence-corrected chi connectivity index (χ2v) is 4.31. The van der Waals surface area contributed by atoms with Crippen LogP contribution in [0.4, 0.5) is 13.2 Å². The molecule has 0 saturated heterocycles. The van der Waals surface area contributed by atoms with Crippen molar-refractivity contribution >= 4 is 0 Å². The molecular formula is C13H18F3NO. The Bertz CT molecular complexity index is 348. The molecule has 1 aromatic rings. The van der Waals surface area contributed by atoms with E-state index in [1.807, 2.05) is 31.2 Å². The fourth-order valence-electron chi connectivity index (χ4n) is 1.57. The Morgan fingerprint density at radius 2 is 1.83 bits per heavy atom. The van der Waals surface area contributed by atoms with Gasteiger partial charge < -0.3 is 10.1 Å². The number of rotatable bonds is 6. The summed E-state index contributed by atoms with van der Waals surface area (Å²) >= 11 is 0. The molecule has 0 aliphatic heterocycles. The van der Waals surface area contributed by atoms with Gasteiger partial charge in [0.05, 0.1) is 6.61 Å². The maximum atomic E-state index is 11.9. The minimum Gasteiger partial charge on any atom is -0.370 e. The maximum absolute atomic E-state index is 11.9. The van der Waals surface area contributed by atoms with Gasteiger partial charge in [0.15, 0.2) is 0 Å². The third-order valence-corrected chi connectivity index (χ3v) is 2.60. The van der Waals surface area contributed by atoms with Gasteiger partial charge in [0, 0.05) is 6.04 Å². The van der Waals surface area contributed by atoms with Crippen LogP contribution in [0.15, 0.2) is 24.3 Å². The standard InChI is InChI=1S/C13H18F3NO/c1-10-3-5-11(6-4-10)7-12(17-2)8-18-9-13(14,15)16/h3-6,12,17H,7-9H2,1-2H3. The van der Waals surface area contributed by atoms with E-state index in [2.05, 4.69) is 10.1 Å². The molecule has 0 radical (unpaired) electrons. The number of aryl methyl sites for hydroxylation is 1. The quantitative estimate of drug-likeness (QED) is 0.850. The molecule has 1 atom stereocenters. The number of halogens is 3. The number of benzene rings is 1. The Balaban J connectivity index is 2.40. The lowest BCUT2D eigenvalue weighted by molar-refractivity contribution is -0.175. The molecular weight excluding hydrogens is 243 g/mol. The Labute approximate surface area is 105 Å². The van der Waals surface area contributed by atoms with Gasteiger partial charge in [-0.25, -0.2) is 0 Å². The predicted molar refractivity (Wildman–Crippen MR) is 64.6 cm³/mol. The summed E-state index contributed by atoms with van der Waals surface area (Å²) < 4.78 is 40.5. The normalized spacial score (nSPS) is 13.6. The van der Waals surface area contributed by atoms with Gasteiger partial charge in [-0.3, -0.25) is 0 Å². The molecule has 0 aliphatic carbocycles. The first-order valence-electron chi connectivity index (χ1n) is 5.78. The van der Waals surface area contributed by atoms with Crippen molar-refractivity contribution in [2.24, 2.45) is 0 Å². The summed E-state index contributed by atoms with van der Waals surface area (Å²) in [6.45, 7) is 0.842. The van der Waals surface area contributed by atoms with Crippen molar-refractivity contribution in [1.29, 1.82) is 0 Å². The van der Waals surface area contributed by atoms with E-state index in [1.54, 1.807) is 7.05 Å². The second kappa shape index (κ2) is 6.75. The van der Waals surface area contributed by atoms with E-state index in [4.69, 9.17) is 0 Å². The summed E-state index contributed by atoms with van der Waals surface area (Å²) in [7, 11) is 1.72. The zero-order chi connectivity index (χ0) is 13.6. The van der Waals surface area contributed by atoms with E-state index in [-0.39, 0.29) is 12.6 Å². The molecule has 1 aromatic carbocycles. The molecule has 2 nitrogen and oxygen atoms in total. The highest BCUT2D eigenvalue weighted by Crippen LogP contribution is 2.15. The topological polar surface area (TPSA) is 21.3 Å². The molecule has 0 bridgehead atoms. The minimum absolute atomic E-state index is 0.0455. The molecule has 1 unspecified atom stereocenters. The SMILES string of the molecule is CNC(COCC(F)(F)F)Cc1ccc(C)cc1. The van der Waals surface area contributed by atoms with E-state index in [9.17, 15) is 13.2 Å². The van der Waals surface area contributed by atoms with Crippen LogP contribution < -0.4 is 5.32 Å². The number of nitrogens with one attached hydrogen (secondary N) is 1. The van der Waals surface area contributed by atoms with Crippen molar-refractivity contribution in [3.05, 3.63) is 35.4 Å². The Morgan fingerprint density at radius 3 is 2.33 bits per heavy atom. The lowest BCUT2D eigenvalue weighted by Gasteiger charge is -2.17. The van der Waals surface area contributed by atoms with E-state index in [1.165, 1.54) is 0 Å². The number of alkyl halides is 3. The molecule has 1 N–H and O–H groups in total. The zero-order valence-electron chi connectivity index (χ0n) is 10.6. The van der Waals surface area contributed by atoms with Crippen LogP contribution in [-0.2, 0) is 11.2 Å². The molecule has 0 aromatic heterocycles. The molecule has 18 heavy (non-hydrogen) atoms. The monoisotopic (exact) mass is 261 g/mol. The van der Waals surface area contributed by atoms with Crippen LogP contribution in [0, 0.1) is 6.92 Å². The lowest BCUT2D eigenvalue weighted by Crippen LogP contribution is -2.34. The van der Waals surface area contributed by atoms with E-state index in [0.717, 1.165) is 11.1 Å². The van der Waals surface area contributed by atoms with Gasteiger partial charge in [0.1, 0.15) is 6.61 Å². The van der Waals surface area contributed by atoms with Gasteiger partial charge in [-0.15, -0.1) is 0 Å². The summed E-state index contributed by atoms with van der Waals surface area (Å²) in [6.07, 6.45) is -3.61. The van der Waals surface area contributed by atoms with E-state index >= 15 is 0 Å². The van der Waals surface area contributed by atoms with Gasteiger partial charge in [-0.1, -0.05) is 29.8 Å². The van der Waals surface area contributed by atoms with Crippen molar-refractivity contribution in [2.75, 3.05) is 20.3 Å². The van der Waals surface area contributed by atoms with Crippen molar-refractivity contribution < 1.29 is 17.9 Å². The van der Waals surface area contributed by atoms with E-state index in [0.29, 0.717) is 6.42 Å². The number of hydrogen-bond acceptors (Lipinski definition) is 2. The second-order valence-electron chi connectivity index (χ2n) is 4.31. The van der Waals surface area contributed by atoms with Crippen molar-refractivity contribution in [3.63, 3.8) is 0 Å². The van der Waals surface area contributed by atoms with Crippen molar-refractivity contribution in [1.82, 2.24) is 5.32 Å². The first-order valence-corrected chi connectivity index (χ1v) is 5.78. The molecule has 0 saturated carbocycles. The fourth-order valence-corrected chi connectivity index (χ4v) is 1.57. The Hall–Kier alpha value is -1.07. The van der Waals surface area contributed by atoms with Crippen LogP contribution in [0.2, 0.25) is 0 Å². The smallest absolute Gasteiger partial charge is 0.370 e. The number of ether oxygens (including phenoxy) is 1. The zero-order valence-corrected chi connectivity index (χ0v) is 10.6. The fraction of sp³-hybridized carbons (Fsp3) is 0.538. The van der Waals surface area contributed by atoms with Crippen LogP contribution in [0.5, 0.6) is 0 Å². The van der Waals surface area contributed by atoms with Crippen LogP contribution >= 0.6 is 0 Å². The van der Waals surface area contributed by atoms with Crippen LogP contribution in [0.25, 0.3) is 0 Å². The molecule has 0 heterocycles. The maximum Gasteiger partial charge on any atom is 0.411 e. The van der Waals surface area contributed by atoms with Gasteiger partial charge in [-0.05, 0) is 26.0 Å². The summed E-state index contributed by atoms with van der Waals surface area (Å²) in [6, 6.07) is 7.81. The molecule has 0 spiro atoms. The number of likely N-dealkylation sites (N-methyl/N-ethyl adjacent to an activating group) is 1. The average Bonchev–Trinajstić information content (AvgIpc) is 2.29. The predicted octanol–water partition coefficient (Wildman–Crippen LogP) is 2.70. The molecule has 1 rings (SSSR count). The minimum atomic E-state index is -4.26. The third kappa shape index (κ3) is 6.02. The average molecular weight is 261 g/mol. The summed E-state index contributed by atoms with van der Waals surface area (Å²) in [5.41, 5.74) is 2.24. The highest BCUT2D eigenvalue weighted by Gasteiger charge is 2.27. The summed E-state index contributed by atoms with van der Waals surface area (Å²) in [4.78, 5) is 0. The Morgan fingerprint density at radius 1 is 1.22 bits per heavy atom. The van der Waals surface area contributed by atoms with E-state index < -0.39 is 12.8 Å². The highest BCUT2D eigenvalue weighted by molar-refractivity contribution is 5.22. The van der Waals surface area contributed by atoms with Gasteiger partial charge in [0.2, 0.25) is 0 Å². The van der Waals surface area contributed by atoms with Crippen molar-refractivity contribution in [2.45, 2.75) is 25.6 Å². The Kier molecular flexibility index (Phi) is 5.62. The van der Waals surface area contributed by atoms with Crippen molar-refractivity contribution in [3.8, 4) is 0 Å². The molecule has 0 aliphatic rings. The summed E-state index contributed by atoms with van der Waals surface area (Å²) in [5.74, 6) is 0. The molecule has 102 valence electrons. The van der Waals surface area contributed by atoms with Crippen LogP contribution in [0.3, 0.4) is 0 Å². The van der Waals surface area contributed by atoms with Crippen LogP contribution in [0.1, 0.15) is 11.1 Å². The third-order valence-electron chi connectivity index (χ3n) is 2.60.